The predicted molar refractivity (Wildman–Crippen MR) is 103 cm³/mol. The van der Waals surface area contributed by atoms with E-state index in [0.717, 1.165) is 16.0 Å². The molecule has 154 valence electrons. The molecule has 2 aromatic carbocycles. The summed E-state index contributed by atoms with van der Waals surface area (Å²) in [4.78, 5) is 24.9. The number of aryl methyl sites for hydroxylation is 1. The van der Waals surface area contributed by atoms with E-state index in [2.05, 4.69) is 0 Å². The van der Waals surface area contributed by atoms with Crippen molar-refractivity contribution in [1.29, 1.82) is 0 Å². The second-order valence-corrected chi connectivity index (χ2v) is 8.34. The smallest absolute Gasteiger partial charge is 0.410 e. The van der Waals surface area contributed by atoms with Crippen LogP contribution in [-0.4, -0.2) is 49.2 Å². The molecule has 2 atom stereocenters. The van der Waals surface area contributed by atoms with Gasteiger partial charge in [0.05, 0.1) is 17.5 Å². The number of likely N-dealkylation sites (tertiary alicyclic amines) is 1. The summed E-state index contributed by atoms with van der Waals surface area (Å²) in [6.07, 6.45) is -1.97. The SMILES string of the molecule is Cc1ccc(S(=O)(=O)OC2C[C@@H](C(=O)O)N(C(=O)OCc3ccccc3)C2)cc1. The Morgan fingerprint density at radius 3 is 2.38 bits per heavy atom. The monoisotopic (exact) mass is 419 g/mol. The van der Waals surface area contributed by atoms with E-state index in [-0.39, 0.29) is 24.5 Å². The molecule has 0 aliphatic carbocycles. The Bertz CT molecular complexity index is 974. The lowest BCUT2D eigenvalue weighted by atomic mass is 10.2. The van der Waals surface area contributed by atoms with Crippen molar-refractivity contribution in [2.24, 2.45) is 0 Å². The minimum atomic E-state index is -4.09. The third-order valence-corrected chi connectivity index (χ3v) is 5.93. The second-order valence-electron chi connectivity index (χ2n) is 6.77. The molecule has 1 amide bonds. The first-order valence-electron chi connectivity index (χ1n) is 8.96. The molecule has 1 aliphatic heterocycles. The van der Waals surface area contributed by atoms with Crippen LogP contribution in [-0.2, 0) is 30.4 Å². The van der Waals surface area contributed by atoms with E-state index < -0.39 is 34.3 Å². The topological polar surface area (TPSA) is 110 Å². The summed E-state index contributed by atoms with van der Waals surface area (Å²) in [5.41, 5.74) is 1.64. The molecule has 1 aliphatic rings. The highest BCUT2D eigenvalue weighted by atomic mass is 32.2. The van der Waals surface area contributed by atoms with Gasteiger partial charge in [0.25, 0.3) is 10.1 Å². The quantitative estimate of drug-likeness (QED) is 0.717. The normalized spacial score (nSPS) is 19.1. The van der Waals surface area contributed by atoms with Crippen LogP contribution in [0.1, 0.15) is 17.5 Å². The molecule has 1 N–H and O–H groups in total. The molecule has 29 heavy (non-hydrogen) atoms. The molecule has 2 aromatic rings. The third kappa shape index (κ3) is 5.12. The highest BCUT2D eigenvalue weighted by Gasteiger charge is 2.43. The molecule has 9 heteroatoms. The zero-order chi connectivity index (χ0) is 21.0. The number of hydrogen-bond acceptors (Lipinski definition) is 6. The molecule has 0 radical (unpaired) electrons. The van der Waals surface area contributed by atoms with Crippen LogP contribution in [0, 0.1) is 6.92 Å². The summed E-state index contributed by atoms with van der Waals surface area (Å²) in [5, 5.41) is 9.43. The zero-order valence-corrected chi connectivity index (χ0v) is 16.5. The Morgan fingerprint density at radius 1 is 1.10 bits per heavy atom. The van der Waals surface area contributed by atoms with E-state index in [9.17, 15) is 23.1 Å². The first-order chi connectivity index (χ1) is 13.8. The van der Waals surface area contributed by atoms with Crippen LogP contribution < -0.4 is 0 Å². The lowest BCUT2D eigenvalue weighted by molar-refractivity contribution is -0.141. The van der Waals surface area contributed by atoms with Crippen molar-refractivity contribution >= 4 is 22.2 Å². The fourth-order valence-corrected chi connectivity index (χ4v) is 4.12. The summed E-state index contributed by atoms with van der Waals surface area (Å²) >= 11 is 0. The van der Waals surface area contributed by atoms with Crippen LogP contribution in [0.2, 0.25) is 0 Å². The van der Waals surface area contributed by atoms with Gasteiger partial charge in [-0.15, -0.1) is 0 Å². The molecule has 0 bridgehead atoms. The van der Waals surface area contributed by atoms with E-state index in [1.807, 2.05) is 13.0 Å². The average Bonchev–Trinajstić information content (AvgIpc) is 3.11. The van der Waals surface area contributed by atoms with Gasteiger partial charge in [-0.05, 0) is 24.6 Å². The largest absolute Gasteiger partial charge is 0.480 e. The Labute approximate surface area is 168 Å². The van der Waals surface area contributed by atoms with Crippen molar-refractivity contribution in [2.75, 3.05) is 6.54 Å². The van der Waals surface area contributed by atoms with Crippen LogP contribution in [0.15, 0.2) is 59.5 Å². The fourth-order valence-electron chi connectivity index (χ4n) is 3.04. The van der Waals surface area contributed by atoms with Gasteiger partial charge < -0.3 is 9.84 Å². The van der Waals surface area contributed by atoms with Crippen LogP contribution in [0.4, 0.5) is 4.79 Å². The molecule has 1 fully saturated rings. The minimum Gasteiger partial charge on any atom is -0.480 e. The number of carboxylic acid groups (broad SMARTS) is 1. The maximum Gasteiger partial charge on any atom is 0.410 e. The summed E-state index contributed by atoms with van der Waals surface area (Å²) in [7, 11) is -4.09. The maximum absolute atomic E-state index is 12.5. The Balaban J connectivity index is 1.67. The lowest BCUT2D eigenvalue weighted by Gasteiger charge is -2.20. The first-order valence-corrected chi connectivity index (χ1v) is 10.4. The van der Waals surface area contributed by atoms with Gasteiger partial charge >= 0.3 is 12.1 Å². The van der Waals surface area contributed by atoms with E-state index >= 15 is 0 Å². The number of carbonyl (C=O) groups is 2. The standard InChI is InChI=1S/C20H21NO7S/c1-14-7-9-17(10-8-14)29(25,26)28-16-11-18(19(22)23)21(12-16)20(24)27-13-15-5-3-2-4-6-15/h2-10,16,18H,11-13H2,1H3,(H,22,23)/t16?,18-/m0/s1. The molecular formula is C20H21NO7S. The van der Waals surface area contributed by atoms with Crippen LogP contribution in [0.3, 0.4) is 0 Å². The van der Waals surface area contributed by atoms with Gasteiger partial charge in [-0.1, -0.05) is 48.0 Å². The molecule has 0 spiro atoms. The van der Waals surface area contributed by atoms with Gasteiger partial charge in [-0.3, -0.25) is 9.08 Å². The summed E-state index contributed by atoms with van der Waals surface area (Å²) in [6, 6.07) is 13.8. The second kappa shape index (κ2) is 8.62. The van der Waals surface area contributed by atoms with Gasteiger partial charge in [0, 0.05) is 6.42 Å². The molecule has 1 unspecified atom stereocenters. The Kier molecular flexibility index (Phi) is 6.19. The molecule has 0 saturated carbocycles. The molecular weight excluding hydrogens is 398 g/mol. The maximum atomic E-state index is 12.5. The van der Waals surface area contributed by atoms with Crippen molar-refractivity contribution in [1.82, 2.24) is 4.90 Å². The number of nitrogens with zero attached hydrogens (tertiary/aromatic N) is 1. The Morgan fingerprint density at radius 2 is 1.76 bits per heavy atom. The number of benzene rings is 2. The predicted octanol–water partition coefficient (Wildman–Crippen LogP) is 2.56. The number of aliphatic carboxylic acids is 1. The van der Waals surface area contributed by atoms with Crippen molar-refractivity contribution in [3.05, 3.63) is 65.7 Å². The van der Waals surface area contributed by atoms with Crippen LogP contribution >= 0.6 is 0 Å². The number of rotatable bonds is 6. The third-order valence-electron chi connectivity index (χ3n) is 4.56. The number of hydrogen-bond donors (Lipinski definition) is 1. The fraction of sp³-hybridized carbons (Fsp3) is 0.300. The number of ether oxygens (including phenoxy) is 1. The summed E-state index contributed by atoms with van der Waals surface area (Å²) in [6.45, 7) is 1.61. The van der Waals surface area contributed by atoms with E-state index in [1.54, 1.807) is 36.4 Å². The van der Waals surface area contributed by atoms with Crippen molar-refractivity contribution < 1.29 is 32.0 Å². The van der Waals surface area contributed by atoms with Gasteiger partial charge in [-0.25, -0.2) is 9.59 Å². The first kappa shape index (κ1) is 20.8. The molecule has 1 heterocycles. The Hall–Kier alpha value is -2.91. The molecule has 3 rings (SSSR count). The van der Waals surface area contributed by atoms with Crippen molar-refractivity contribution in [2.45, 2.75) is 37.0 Å². The highest BCUT2D eigenvalue weighted by molar-refractivity contribution is 7.86. The minimum absolute atomic E-state index is 0.0182. The van der Waals surface area contributed by atoms with Gasteiger partial charge in [-0.2, -0.15) is 8.42 Å². The van der Waals surface area contributed by atoms with Crippen molar-refractivity contribution in [3.8, 4) is 0 Å². The zero-order valence-electron chi connectivity index (χ0n) is 15.7. The van der Waals surface area contributed by atoms with E-state index in [4.69, 9.17) is 8.92 Å². The number of carbonyl (C=O) groups excluding carboxylic acids is 1. The van der Waals surface area contributed by atoms with Crippen molar-refractivity contribution in [3.63, 3.8) is 0 Å². The highest BCUT2D eigenvalue weighted by Crippen LogP contribution is 2.26. The average molecular weight is 419 g/mol. The van der Waals surface area contributed by atoms with E-state index in [1.165, 1.54) is 12.1 Å². The lowest BCUT2D eigenvalue weighted by Crippen LogP contribution is -2.40. The van der Waals surface area contributed by atoms with Crippen LogP contribution in [0.25, 0.3) is 0 Å². The van der Waals surface area contributed by atoms with Gasteiger partial charge in [0.15, 0.2) is 0 Å². The molecule has 0 aromatic heterocycles. The van der Waals surface area contributed by atoms with Gasteiger partial charge in [0.2, 0.25) is 0 Å². The molecule has 8 nitrogen and oxygen atoms in total. The summed E-state index contributed by atoms with van der Waals surface area (Å²) in [5.74, 6) is -1.25. The number of amides is 1. The van der Waals surface area contributed by atoms with E-state index in [0.29, 0.717) is 0 Å². The summed E-state index contributed by atoms with van der Waals surface area (Å²) < 4.78 is 35.3. The number of carboxylic acids is 1. The van der Waals surface area contributed by atoms with Crippen LogP contribution in [0.5, 0.6) is 0 Å². The molecule has 1 saturated heterocycles. The van der Waals surface area contributed by atoms with Gasteiger partial charge in [0.1, 0.15) is 12.6 Å².